The summed E-state index contributed by atoms with van der Waals surface area (Å²) in [5, 5.41) is 14.4. The van der Waals surface area contributed by atoms with Crippen molar-refractivity contribution in [3.63, 3.8) is 0 Å². The molecule has 12 heteroatoms. The molecule has 48 heavy (non-hydrogen) atoms. The van der Waals surface area contributed by atoms with Crippen LogP contribution in [0.4, 0.5) is 19.0 Å². The smallest absolute Gasteiger partial charge is 0.359 e. The Hall–Kier alpha value is -3.80. The van der Waals surface area contributed by atoms with Crippen molar-refractivity contribution >= 4 is 22.9 Å². The fraction of sp³-hybridized carbons (Fsp3) is 0.583. The summed E-state index contributed by atoms with van der Waals surface area (Å²) < 4.78 is 52.3. The number of fused-ring (bicyclic) bond motifs is 1. The maximum atomic E-state index is 13.3. The van der Waals surface area contributed by atoms with E-state index in [4.69, 9.17) is 9.26 Å². The molecule has 1 amide bonds. The van der Waals surface area contributed by atoms with Crippen molar-refractivity contribution in [3.05, 3.63) is 53.9 Å². The predicted octanol–water partition coefficient (Wildman–Crippen LogP) is 9.42. The number of hydrogen-bond acceptors (Lipinski definition) is 7. The van der Waals surface area contributed by atoms with E-state index in [-0.39, 0.29) is 18.0 Å². The number of nitrogens with zero attached hydrogens (tertiary/aromatic N) is 5. The lowest BCUT2D eigenvalue weighted by Gasteiger charge is -2.24. The van der Waals surface area contributed by atoms with Gasteiger partial charge in [-0.3, -0.25) is 4.79 Å². The number of halogens is 3. The standard InChI is InChI=1S/C36H49F3N6O3/c1-34(2,3)19-13-11-9-7-6-8-10-12-14-20-47-25-45-29-22-28(24-40-33(29)42-44-45)27-17-15-26(16-18-27)21-32(46)41-31-23-30(48-43-31)35(4,5)36(37,38)39/h15-18,22-24H,6-14,19-21,25H2,1-5H3,(H,41,43,46). The van der Waals surface area contributed by atoms with Crippen molar-refractivity contribution in [2.24, 2.45) is 5.41 Å². The molecule has 4 rings (SSSR count). The minimum absolute atomic E-state index is 0.00824. The molecule has 0 fully saturated rings. The summed E-state index contributed by atoms with van der Waals surface area (Å²) in [5.41, 5.74) is 1.98. The zero-order valence-corrected chi connectivity index (χ0v) is 28.8. The third-order valence-corrected chi connectivity index (χ3v) is 8.56. The Labute approximate surface area is 281 Å². The molecule has 9 nitrogen and oxygen atoms in total. The van der Waals surface area contributed by atoms with Crippen LogP contribution in [-0.2, 0) is 28.1 Å². The number of rotatable bonds is 18. The van der Waals surface area contributed by atoms with E-state index in [9.17, 15) is 18.0 Å². The van der Waals surface area contributed by atoms with Gasteiger partial charge in [-0.15, -0.1) is 5.10 Å². The van der Waals surface area contributed by atoms with Crippen molar-refractivity contribution < 1.29 is 27.2 Å². The monoisotopic (exact) mass is 670 g/mol. The lowest BCUT2D eigenvalue weighted by molar-refractivity contribution is -0.185. The van der Waals surface area contributed by atoms with Gasteiger partial charge >= 0.3 is 6.18 Å². The van der Waals surface area contributed by atoms with Gasteiger partial charge in [0.05, 0.1) is 6.42 Å². The molecule has 0 atom stereocenters. The summed E-state index contributed by atoms with van der Waals surface area (Å²) in [6.45, 7) is 9.89. The minimum Gasteiger partial charge on any atom is -0.359 e. The van der Waals surface area contributed by atoms with Crippen molar-refractivity contribution in [1.82, 2.24) is 25.1 Å². The fourth-order valence-electron chi connectivity index (χ4n) is 5.31. The second-order valence-corrected chi connectivity index (χ2v) is 14.3. The molecule has 0 radical (unpaired) electrons. The molecule has 0 aliphatic carbocycles. The SMILES string of the molecule is CC(C)(C)CCCCCCCCCCCOCn1nnc2ncc(-c3ccc(CC(=O)Nc4cc(C(C)(C)C(F)(F)F)on4)cc3)cc21. The molecule has 0 saturated carbocycles. The lowest BCUT2D eigenvalue weighted by atomic mass is 9.89. The van der Waals surface area contributed by atoms with Gasteiger partial charge in [-0.25, -0.2) is 9.67 Å². The molecule has 3 aromatic heterocycles. The van der Waals surface area contributed by atoms with Crippen molar-refractivity contribution in [3.8, 4) is 11.1 Å². The van der Waals surface area contributed by atoms with E-state index in [2.05, 4.69) is 46.5 Å². The molecular formula is C36H49F3N6O3. The molecule has 1 aromatic carbocycles. The average molecular weight is 671 g/mol. The van der Waals surface area contributed by atoms with E-state index in [1.807, 2.05) is 30.3 Å². The second kappa shape index (κ2) is 16.5. The van der Waals surface area contributed by atoms with Gasteiger partial charge in [-0.1, -0.05) is 107 Å². The van der Waals surface area contributed by atoms with Crippen LogP contribution < -0.4 is 5.32 Å². The van der Waals surface area contributed by atoms with Gasteiger partial charge in [0.2, 0.25) is 11.6 Å². The van der Waals surface area contributed by atoms with Gasteiger partial charge in [0.1, 0.15) is 17.7 Å². The number of carbonyl (C=O) groups is 1. The lowest BCUT2D eigenvalue weighted by Crippen LogP contribution is -2.35. The molecule has 0 bridgehead atoms. The first-order valence-corrected chi connectivity index (χ1v) is 16.9. The Balaban J connectivity index is 1.18. The molecule has 0 unspecified atom stereocenters. The number of anilines is 1. The number of ether oxygens (including phenoxy) is 1. The molecule has 1 N–H and O–H groups in total. The average Bonchev–Trinajstić information content (AvgIpc) is 3.66. The first-order chi connectivity index (χ1) is 22.7. The Bertz CT molecular complexity index is 1590. The minimum atomic E-state index is -4.52. The summed E-state index contributed by atoms with van der Waals surface area (Å²) in [5.74, 6) is -0.874. The second-order valence-electron chi connectivity index (χ2n) is 14.3. The van der Waals surface area contributed by atoms with Crippen LogP contribution in [0.3, 0.4) is 0 Å². The number of amides is 1. The van der Waals surface area contributed by atoms with Gasteiger partial charge in [0.25, 0.3) is 0 Å². The van der Waals surface area contributed by atoms with Crippen LogP contribution in [0.5, 0.6) is 0 Å². The van der Waals surface area contributed by atoms with Crippen LogP contribution in [0.25, 0.3) is 22.3 Å². The predicted molar refractivity (Wildman–Crippen MR) is 180 cm³/mol. The molecule has 4 aromatic rings. The van der Waals surface area contributed by atoms with Gasteiger partial charge in [-0.2, -0.15) is 13.2 Å². The van der Waals surface area contributed by atoms with Crippen molar-refractivity contribution in [2.45, 2.75) is 124 Å². The van der Waals surface area contributed by atoms with Gasteiger partial charge in [0, 0.05) is 24.4 Å². The molecule has 0 aliphatic heterocycles. The summed E-state index contributed by atoms with van der Waals surface area (Å²) in [4.78, 5) is 17.0. The normalized spacial score (nSPS) is 12.6. The van der Waals surface area contributed by atoms with Crippen LogP contribution in [0.2, 0.25) is 0 Å². The van der Waals surface area contributed by atoms with Crippen LogP contribution in [0.1, 0.15) is 110 Å². The third-order valence-electron chi connectivity index (χ3n) is 8.56. The summed E-state index contributed by atoms with van der Waals surface area (Å²) in [6.07, 6.45) is 9.89. The van der Waals surface area contributed by atoms with Crippen molar-refractivity contribution in [1.29, 1.82) is 0 Å². The van der Waals surface area contributed by atoms with Gasteiger partial charge in [-0.05, 0) is 49.3 Å². The molecule has 0 aliphatic rings. The van der Waals surface area contributed by atoms with Gasteiger partial charge in [0.15, 0.2) is 11.6 Å². The first-order valence-electron chi connectivity index (χ1n) is 16.9. The number of benzene rings is 1. The Morgan fingerprint density at radius 3 is 2.17 bits per heavy atom. The molecule has 3 heterocycles. The highest BCUT2D eigenvalue weighted by Gasteiger charge is 2.51. The van der Waals surface area contributed by atoms with Crippen LogP contribution in [0, 0.1) is 5.41 Å². The van der Waals surface area contributed by atoms with Gasteiger partial charge < -0.3 is 14.6 Å². The maximum Gasteiger partial charge on any atom is 0.401 e. The largest absolute Gasteiger partial charge is 0.401 e. The summed E-state index contributed by atoms with van der Waals surface area (Å²) in [7, 11) is 0. The van der Waals surface area contributed by atoms with E-state index >= 15 is 0 Å². The van der Waals surface area contributed by atoms with E-state index in [0.29, 0.717) is 24.4 Å². The van der Waals surface area contributed by atoms with Crippen LogP contribution in [0.15, 0.2) is 47.1 Å². The quantitative estimate of drug-likeness (QED) is 0.105. The molecular weight excluding hydrogens is 621 g/mol. The number of unbranched alkanes of at least 4 members (excludes halogenated alkanes) is 8. The number of carbonyl (C=O) groups excluding carboxylic acids is 1. The Morgan fingerprint density at radius 1 is 0.875 bits per heavy atom. The number of hydrogen-bond donors (Lipinski definition) is 1. The molecule has 0 saturated heterocycles. The highest BCUT2D eigenvalue weighted by Crippen LogP contribution is 2.41. The topological polar surface area (TPSA) is 108 Å². The zero-order valence-electron chi connectivity index (χ0n) is 28.8. The fourth-order valence-corrected chi connectivity index (χ4v) is 5.31. The van der Waals surface area contributed by atoms with Crippen LogP contribution in [-0.4, -0.2) is 43.8 Å². The van der Waals surface area contributed by atoms with E-state index in [0.717, 1.165) is 55.0 Å². The maximum absolute atomic E-state index is 13.3. The number of alkyl halides is 3. The zero-order chi connectivity index (χ0) is 34.8. The number of nitrogens with one attached hydrogen (secondary N) is 1. The Kier molecular flexibility index (Phi) is 12.8. The van der Waals surface area contributed by atoms with E-state index in [1.54, 1.807) is 10.9 Å². The summed E-state index contributed by atoms with van der Waals surface area (Å²) >= 11 is 0. The molecule has 0 spiro atoms. The van der Waals surface area contributed by atoms with E-state index < -0.39 is 17.5 Å². The highest BCUT2D eigenvalue weighted by atomic mass is 19.4. The first kappa shape index (κ1) is 37.0. The van der Waals surface area contributed by atoms with Crippen molar-refractivity contribution in [2.75, 3.05) is 11.9 Å². The highest BCUT2D eigenvalue weighted by molar-refractivity contribution is 5.91. The Morgan fingerprint density at radius 2 is 1.52 bits per heavy atom. The number of aromatic nitrogens is 5. The summed E-state index contributed by atoms with van der Waals surface area (Å²) in [6, 6.07) is 10.4. The third kappa shape index (κ3) is 10.9. The number of pyridine rings is 1. The molecule has 262 valence electrons. The van der Waals surface area contributed by atoms with E-state index in [1.165, 1.54) is 51.4 Å². The van der Waals surface area contributed by atoms with Crippen LogP contribution >= 0.6 is 0 Å².